The maximum atomic E-state index is 12.2. The predicted molar refractivity (Wildman–Crippen MR) is 89.9 cm³/mol. The zero-order chi connectivity index (χ0) is 17.3. The monoisotopic (exact) mass is 323 g/mol. The zero-order valence-electron chi connectivity index (χ0n) is 13.4. The van der Waals surface area contributed by atoms with Crippen LogP contribution < -0.4 is 10.6 Å². The van der Waals surface area contributed by atoms with Crippen molar-refractivity contribution in [3.8, 4) is 0 Å². The number of imide groups is 1. The molecule has 1 heterocycles. The molecule has 3 rings (SSSR count). The van der Waals surface area contributed by atoms with Gasteiger partial charge in [0.25, 0.3) is 11.8 Å². The van der Waals surface area contributed by atoms with E-state index in [0.717, 1.165) is 16.0 Å². The van der Waals surface area contributed by atoms with Gasteiger partial charge < -0.3 is 10.6 Å². The molecule has 0 saturated heterocycles. The second-order valence-corrected chi connectivity index (χ2v) is 5.69. The van der Waals surface area contributed by atoms with Gasteiger partial charge in [-0.2, -0.15) is 0 Å². The number of urea groups is 1. The lowest BCUT2D eigenvalue weighted by Gasteiger charge is -2.16. The molecule has 1 aliphatic heterocycles. The number of hydrogen-bond acceptors (Lipinski definition) is 3. The number of amides is 4. The molecule has 2 N–H and O–H groups in total. The van der Waals surface area contributed by atoms with Gasteiger partial charge in [-0.25, -0.2) is 4.79 Å². The van der Waals surface area contributed by atoms with Gasteiger partial charge in [-0.05, 0) is 37.6 Å². The fourth-order valence-electron chi connectivity index (χ4n) is 2.65. The van der Waals surface area contributed by atoms with Crippen molar-refractivity contribution >= 4 is 23.5 Å². The van der Waals surface area contributed by atoms with Gasteiger partial charge in [-0.15, -0.1) is 0 Å². The van der Waals surface area contributed by atoms with E-state index in [0.29, 0.717) is 16.8 Å². The molecule has 0 aromatic heterocycles. The standard InChI is InChI=1S/C18H17N3O3/c1-11-7-8-15(12(2)9-11)20-18(24)19-10-21-16(22)13-5-3-4-6-14(13)17(21)23/h3-9H,10H2,1-2H3,(H2,19,20,24). The summed E-state index contributed by atoms with van der Waals surface area (Å²) in [5.41, 5.74) is 3.44. The van der Waals surface area contributed by atoms with E-state index < -0.39 is 17.8 Å². The fraction of sp³-hybridized carbons (Fsp3) is 0.167. The lowest BCUT2D eigenvalue weighted by atomic mass is 10.1. The van der Waals surface area contributed by atoms with Crippen LogP contribution in [0, 0.1) is 13.8 Å². The highest BCUT2D eigenvalue weighted by Gasteiger charge is 2.35. The smallest absolute Gasteiger partial charge is 0.320 e. The van der Waals surface area contributed by atoms with Gasteiger partial charge in [0.15, 0.2) is 0 Å². The minimum atomic E-state index is -0.474. The number of nitrogens with one attached hydrogen (secondary N) is 2. The number of fused-ring (bicyclic) bond motifs is 1. The zero-order valence-corrected chi connectivity index (χ0v) is 13.4. The minimum Gasteiger partial charge on any atom is -0.320 e. The molecule has 6 heteroatoms. The van der Waals surface area contributed by atoms with E-state index in [1.807, 2.05) is 32.0 Å². The second-order valence-electron chi connectivity index (χ2n) is 5.69. The second kappa shape index (κ2) is 6.16. The Labute approximate surface area is 139 Å². The van der Waals surface area contributed by atoms with Crippen LogP contribution in [0.15, 0.2) is 42.5 Å². The van der Waals surface area contributed by atoms with Gasteiger partial charge in [0, 0.05) is 5.69 Å². The highest BCUT2D eigenvalue weighted by molar-refractivity contribution is 6.21. The van der Waals surface area contributed by atoms with Gasteiger partial charge in [0.05, 0.1) is 11.1 Å². The van der Waals surface area contributed by atoms with E-state index in [2.05, 4.69) is 10.6 Å². The number of carbonyl (C=O) groups is 3. The molecule has 0 saturated carbocycles. The van der Waals surface area contributed by atoms with Crippen molar-refractivity contribution in [2.24, 2.45) is 0 Å². The molecule has 0 unspecified atom stereocenters. The van der Waals surface area contributed by atoms with Crippen LogP contribution >= 0.6 is 0 Å². The van der Waals surface area contributed by atoms with Crippen LogP contribution in [0.25, 0.3) is 0 Å². The van der Waals surface area contributed by atoms with Crippen molar-refractivity contribution in [1.82, 2.24) is 10.2 Å². The van der Waals surface area contributed by atoms with E-state index in [4.69, 9.17) is 0 Å². The Morgan fingerprint density at radius 1 is 1.00 bits per heavy atom. The van der Waals surface area contributed by atoms with Crippen molar-refractivity contribution in [1.29, 1.82) is 0 Å². The van der Waals surface area contributed by atoms with Crippen molar-refractivity contribution < 1.29 is 14.4 Å². The highest BCUT2D eigenvalue weighted by Crippen LogP contribution is 2.21. The van der Waals surface area contributed by atoms with Gasteiger partial charge in [0.1, 0.15) is 6.67 Å². The topological polar surface area (TPSA) is 78.5 Å². The summed E-state index contributed by atoms with van der Waals surface area (Å²) < 4.78 is 0. The van der Waals surface area contributed by atoms with Crippen LogP contribution in [0.2, 0.25) is 0 Å². The molecule has 0 spiro atoms. The maximum Gasteiger partial charge on any atom is 0.320 e. The van der Waals surface area contributed by atoms with Crippen molar-refractivity contribution in [3.05, 3.63) is 64.7 Å². The number of rotatable bonds is 3. The average Bonchev–Trinajstić information content (AvgIpc) is 2.80. The van der Waals surface area contributed by atoms with Crippen LogP contribution in [-0.2, 0) is 0 Å². The molecule has 2 aromatic carbocycles. The molecule has 0 fully saturated rings. The van der Waals surface area contributed by atoms with E-state index in [1.165, 1.54) is 0 Å². The third-order valence-corrected chi connectivity index (χ3v) is 3.91. The number of nitrogens with zero attached hydrogens (tertiary/aromatic N) is 1. The van der Waals surface area contributed by atoms with Crippen molar-refractivity contribution in [2.75, 3.05) is 12.0 Å². The Morgan fingerprint density at radius 2 is 1.62 bits per heavy atom. The molecular weight excluding hydrogens is 306 g/mol. The Bertz CT molecular complexity index is 810. The van der Waals surface area contributed by atoms with Gasteiger partial charge in [0.2, 0.25) is 0 Å². The molecule has 1 aliphatic rings. The number of benzene rings is 2. The molecule has 2 aromatic rings. The van der Waals surface area contributed by atoms with Crippen LogP contribution in [0.3, 0.4) is 0 Å². The maximum absolute atomic E-state index is 12.2. The summed E-state index contributed by atoms with van der Waals surface area (Å²) in [6.45, 7) is 3.69. The Hall–Kier alpha value is -3.15. The summed E-state index contributed by atoms with van der Waals surface area (Å²) in [6, 6.07) is 11.8. The number of carbonyl (C=O) groups excluding carboxylic acids is 3. The first-order chi connectivity index (χ1) is 11.5. The average molecular weight is 323 g/mol. The van der Waals surface area contributed by atoms with Crippen LogP contribution in [0.4, 0.5) is 10.5 Å². The summed E-state index contributed by atoms with van der Waals surface area (Å²) >= 11 is 0. The lowest BCUT2D eigenvalue weighted by molar-refractivity contribution is 0.0648. The molecule has 122 valence electrons. The molecule has 0 atom stereocenters. The summed E-state index contributed by atoms with van der Waals surface area (Å²) in [5, 5.41) is 5.26. The van der Waals surface area contributed by atoms with Gasteiger partial charge in [-0.1, -0.05) is 29.8 Å². The third-order valence-electron chi connectivity index (χ3n) is 3.91. The first kappa shape index (κ1) is 15.7. The van der Waals surface area contributed by atoms with Crippen LogP contribution in [-0.4, -0.2) is 29.4 Å². The summed E-state index contributed by atoms with van der Waals surface area (Å²) in [6.07, 6.45) is 0. The van der Waals surface area contributed by atoms with Crippen molar-refractivity contribution in [3.63, 3.8) is 0 Å². The lowest BCUT2D eigenvalue weighted by Crippen LogP contribution is -2.42. The predicted octanol–water partition coefficient (Wildman–Crippen LogP) is 2.68. The molecule has 6 nitrogen and oxygen atoms in total. The van der Waals surface area contributed by atoms with E-state index in [-0.39, 0.29) is 6.67 Å². The van der Waals surface area contributed by atoms with Gasteiger partial charge in [-0.3, -0.25) is 14.5 Å². The summed E-state index contributed by atoms with van der Waals surface area (Å²) in [7, 11) is 0. The first-order valence-corrected chi connectivity index (χ1v) is 7.54. The summed E-state index contributed by atoms with van der Waals surface area (Å²) in [4.78, 5) is 37.4. The molecule has 0 radical (unpaired) electrons. The summed E-state index contributed by atoms with van der Waals surface area (Å²) in [5.74, 6) is -0.801. The molecule has 24 heavy (non-hydrogen) atoms. The molecule has 4 amide bonds. The first-order valence-electron chi connectivity index (χ1n) is 7.54. The normalized spacial score (nSPS) is 13.0. The van der Waals surface area contributed by atoms with Crippen LogP contribution in [0.1, 0.15) is 31.8 Å². The van der Waals surface area contributed by atoms with E-state index >= 15 is 0 Å². The largest absolute Gasteiger partial charge is 0.320 e. The Balaban J connectivity index is 1.63. The van der Waals surface area contributed by atoms with Crippen LogP contribution in [0.5, 0.6) is 0 Å². The van der Waals surface area contributed by atoms with E-state index in [1.54, 1.807) is 24.3 Å². The quantitative estimate of drug-likeness (QED) is 0.852. The number of anilines is 1. The number of hydrogen-bond donors (Lipinski definition) is 2. The fourth-order valence-corrected chi connectivity index (χ4v) is 2.65. The molecule has 0 aliphatic carbocycles. The number of aryl methyl sites for hydroxylation is 2. The van der Waals surface area contributed by atoms with E-state index in [9.17, 15) is 14.4 Å². The Kier molecular flexibility index (Phi) is 4.04. The minimum absolute atomic E-state index is 0.177. The molecular formula is C18H17N3O3. The SMILES string of the molecule is Cc1ccc(NC(=O)NCN2C(=O)c3ccccc3C2=O)c(C)c1. The van der Waals surface area contributed by atoms with Crippen molar-refractivity contribution in [2.45, 2.75) is 13.8 Å². The third kappa shape index (κ3) is 2.86. The Morgan fingerprint density at radius 3 is 2.21 bits per heavy atom. The molecule has 0 bridgehead atoms. The van der Waals surface area contributed by atoms with Gasteiger partial charge >= 0.3 is 6.03 Å². The highest BCUT2D eigenvalue weighted by atomic mass is 16.2.